The van der Waals surface area contributed by atoms with Crippen LogP contribution in [0.1, 0.15) is 28.4 Å². The summed E-state index contributed by atoms with van der Waals surface area (Å²) >= 11 is 0. The van der Waals surface area contributed by atoms with Gasteiger partial charge in [0.2, 0.25) is 5.91 Å². The summed E-state index contributed by atoms with van der Waals surface area (Å²) in [6.07, 6.45) is 1.46. The first-order chi connectivity index (χ1) is 13.9. The monoisotopic (exact) mass is 391 g/mol. The van der Waals surface area contributed by atoms with Crippen molar-refractivity contribution in [3.05, 3.63) is 93.9 Å². The normalized spacial score (nSPS) is 10.3. The lowest BCUT2D eigenvalue weighted by molar-refractivity contribution is -0.114. The zero-order valence-corrected chi connectivity index (χ0v) is 16.1. The lowest BCUT2D eigenvalue weighted by Crippen LogP contribution is -2.32. The molecule has 0 aliphatic heterocycles. The van der Waals surface area contributed by atoms with Gasteiger partial charge in [0, 0.05) is 24.5 Å². The van der Waals surface area contributed by atoms with E-state index in [0.29, 0.717) is 11.4 Å². The quantitative estimate of drug-likeness (QED) is 0.676. The van der Waals surface area contributed by atoms with Gasteiger partial charge in [-0.15, -0.1) is 0 Å². The summed E-state index contributed by atoms with van der Waals surface area (Å²) in [7, 11) is 0. The zero-order valence-electron chi connectivity index (χ0n) is 16.1. The minimum absolute atomic E-state index is 0.0543. The van der Waals surface area contributed by atoms with Gasteiger partial charge in [-0.05, 0) is 42.8 Å². The number of benzene rings is 2. The van der Waals surface area contributed by atoms with E-state index in [9.17, 15) is 14.4 Å². The molecular weight excluding hydrogens is 370 g/mol. The number of carbonyl (C=O) groups is 2. The van der Waals surface area contributed by atoms with E-state index in [1.807, 2.05) is 31.2 Å². The fourth-order valence-electron chi connectivity index (χ4n) is 2.65. The molecule has 0 aliphatic carbocycles. The van der Waals surface area contributed by atoms with E-state index in [2.05, 4.69) is 10.6 Å². The van der Waals surface area contributed by atoms with Crippen molar-refractivity contribution < 1.29 is 14.4 Å². The van der Waals surface area contributed by atoms with Crippen molar-refractivity contribution >= 4 is 23.2 Å². The van der Waals surface area contributed by atoms with Crippen LogP contribution in [-0.2, 0) is 11.4 Å². The van der Waals surface area contributed by atoms with Crippen LogP contribution in [0.25, 0.3) is 0 Å². The van der Waals surface area contributed by atoms with Crippen LogP contribution in [0.15, 0.2) is 71.7 Å². The average Bonchev–Trinajstić information content (AvgIpc) is 2.68. The molecule has 0 saturated heterocycles. The number of aryl methyl sites for hydroxylation is 1. The maximum Gasteiger partial charge on any atom is 0.295 e. The molecule has 3 rings (SSSR count). The zero-order chi connectivity index (χ0) is 20.8. The summed E-state index contributed by atoms with van der Waals surface area (Å²) in [4.78, 5) is 41.9. The summed E-state index contributed by atoms with van der Waals surface area (Å²) in [5.74, 6) is -0.784. The van der Waals surface area contributed by atoms with Gasteiger partial charge in [-0.1, -0.05) is 35.9 Å². The van der Waals surface area contributed by atoms with Crippen LogP contribution in [0.5, 0.6) is 0 Å². The molecule has 2 amide bonds. The van der Waals surface area contributed by atoms with Gasteiger partial charge < -0.3 is 15.5 Å². The molecule has 0 bridgehead atoms. The Hall–Kier alpha value is -3.87. The maximum atomic E-state index is 12.6. The van der Waals surface area contributed by atoms with Crippen LogP contribution in [0.4, 0.5) is 11.4 Å². The Kier molecular flexibility index (Phi) is 6.09. The number of nitrogens with zero attached hydrogens (tertiary/aromatic N) is 1. The number of carbonyl (C=O) groups excluding carboxylic acids is 2. The van der Waals surface area contributed by atoms with Gasteiger partial charge >= 0.3 is 0 Å². The van der Waals surface area contributed by atoms with Gasteiger partial charge in [0.25, 0.3) is 11.5 Å². The first kappa shape index (κ1) is 19.9. The van der Waals surface area contributed by atoms with E-state index in [1.54, 1.807) is 30.3 Å². The molecule has 29 heavy (non-hydrogen) atoms. The number of aromatic nitrogens is 1. The minimum atomic E-state index is -0.566. The van der Waals surface area contributed by atoms with Crippen LogP contribution in [-0.4, -0.2) is 16.5 Å². The van der Waals surface area contributed by atoms with Gasteiger partial charge in [0.15, 0.2) is 0 Å². The summed E-state index contributed by atoms with van der Waals surface area (Å²) in [5, 5.41) is 5.30. The molecule has 2 N–H and O–H groups in total. The number of amides is 2. The van der Waals surface area contributed by atoms with Crippen molar-refractivity contribution in [2.24, 2.45) is 0 Å². The van der Waals surface area contributed by atoms with Crippen molar-refractivity contribution in [3.8, 4) is 0 Å². The van der Waals surface area contributed by atoms with Crippen LogP contribution >= 0.6 is 0 Å². The number of hydrogen-bond donors (Lipinski definition) is 2. The lowest BCUT2D eigenvalue weighted by Gasteiger charge is -2.11. The molecule has 0 atom stereocenters. The van der Waals surface area contributed by atoms with E-state index >= 15 is 0 Å². The number of nitrogens with one attached hydrogen (secondary N) is 2. The van der Waals surface area contributed by atoms with Crippen molar-refractivity contribution in [2.75, 3.05) is 10.6 Å². The maximum absolute atomic E-state index is 12.6. The van der Waals surface area contributed by atoms with E-state index in [4.69, 9.17) is 4.84 Å². The first-order valence-corrected chi connectivity index (χ1v) is 9.02. The Labute approximate surface area is 167 Å². The van der Waals surface area contributed by atoms with Crippen molar-refractivity contribution in [1.29, 1.82) is 0 Å². The Morgan fingerprint density at radius 3 is 2.34 bits per heavy atom. The summed E-state index contributed by atoms with van der Waals surface area (Å²) in [6, 6.07) is 17.4. The molecule has 0 aliphatic rings. The number of rotatable bonds is 6. The molecule has 1 aromatic heterocycles. The van der Waals surface area contributed by atoms with Crippen LogP contribution in [0.3, 0.4) is 0 Å². The van der Waals surface area contributed by atoms with Crippen molar-refractivity contribution in [3.63, 3.8) is 0 Å². The van der Waals surface area contributed by atoms with Gasteiger partial charge in [0.05, 0.1) is 0 Å². The predicted octanol–water partition coefficient (Wildman–Crippen LogP) is 3.00. The second kappa shape index (κ2) is 8.88. The highest BCUT2D eigenvalue weighted by Crippen LogP contribution is 2.15. The van der Waals surface area contributed by atoms with Gasteiger partial charge in [-0.3, -0.25) is 14.4 Å². The Bertz CT molecular complexity index is 1090. The first-order valence-electron chi connectivity index (χ1n) is 9.02. The third-order valence-corrected chi connectivity index (χ3v) is 4.09. The van der Waals surface area contributed by atoms with E-state index < -0.39 is 11.5 Å². The fourth-order valence-corrected chi connectivity index (χ4v) is 2.65. The number of hydrogen-bond acceptors (Lipinski definition) is 4. The molecule has 7 heteroatoms. The molecule has 0 fully saturated rings. The standard InChI is InChI=1S/C22H21N3O4/c1-15-8-10-17(11-9-15)14-29-25-12-4-7-20(22(25)28)21(27)24-19-6-3-5-18(13-19)23-16(2)26/h3-13H,14H2,1-2H3,(H,23,26)(H,24,27). The lowest BCUT2D eigenvalue weighted by atomic mass is 10.2. The molecule has 7 nitrogen and oxygen atoms in total. The van der Waals surface area contributed by atoms with Gasteiger partial charge in [-0.2, -0.15) is 4.73 Å². The highest BCUT2D eigenvalue weighted by atomic mass is 16.7. The smallest absolute Gasteiger partial charge is 0.295 e. The summed E-state index contributed by atoms with van der Waals surface area (Å²) in [5.41, 5.74) is 2.43. The Balaban J connectivity index is 1.73. The molecule has 0 unspecified atom stereocenters. The number of anilines is 2. The van der Waals surface area contributed by atoms with E-state index in [0.717, 1.165) is 15.9 Å². The fraction of sp³-hybridized carbons (Fsp3) is 0.136. The molecule has 0 radical (unpaired) electrons. The van der Waals surface area contributed by atoms with Crippen LogP contribution in [0.2, 0.25) is 0 Å². The van der Waals surface area contributed by atoms with Crippen LogP contribution < -0.4 is 21.0 Å². The SMILES string of the molecule is CC(=O)Nc1cccc(NC(=O)c2cccn(OCc3ccc(C)cc3)c2=O)c1. The molecule has 0 saturated carbocycles. The molecular formula is C22H21N3O4. The predicted molar refractivity (Wildman–Crippen MR) is 111 cm³/mol. The minimum Gasteiger partial charge on any atom is -0.406 e. The topological polar surface area (TPSA) is 89.4 Å². The summed E-state index contributed by atoms with van der Waals surface area (Å²) < 4.78 is 1.04. The summed E-state index contributed by atoms with van der Waals surface area (Å²) in [6.45, 7) is 3.58. The Morgan fingerprint density at radius 2 is 1.66 bits per heavy atom. The Morgan fingerprint density at radius 1 is 0.966 bits per heavy atom. The third kappa shape index (κ3) is 5.32. The van der Waals surface area contributed by atoms with Crippen molar-refractivity contribution in [1.82, 2.24) is 4.73 Å². The molecule has 0 spiro atoms. The van der Waals surface area contributed by atoms with E-state index in [1.165, 1.54) is 19.2 Å². The van der Waals surface area contributed by atoms with Crippen molar-refractivity contribution in [2.45, 2.75) is 20.5 Å². The third-order valence-electron chi connectivity index (χ3n) is 4.09. The van der Waals surface area contributed by atoms with Gasteiger partial charge in [0.1, 0.15) is 12.2 Å². The number of pyridine rings is 1. The van der Waals surface area contributed by atoms with Gasteiger partial charge in [-0.25, -0.2) is 0 Å². The second-order valence-corrected chi connectivity index (χ2v) is 6.53. The van der Waals surface area contributed by atoms with E-state index in [-0.39, 0.29) is 18.1 Å². The molecule has 2 aromatic carbocycles. The second-order valence-electron chi connectivity index (χ2n) is 6.53. The average molecular weight is 391 g/mol. The molecule has 3 aromatic rings. The highest BCUT2D eigenvalue weighted by Gasteiger charge is 2.13. The molecule has 148 valence electrons. The highest BCUT2D eigenvalue weighted by molar-refractivity contribution is 6.04. The largest absolute Gasteiger partial charge is 0.406 e. The molecule has 1 heterocycles. The van der Waals surface area contributed by atoms with Crippen LogP contribution in [0, 0.1) is 6.92 Å².